The van der Waals surface area contributed by atoms with Crippen molar-refractivity contribution in [2.45, 2.75) is 26.3 Å². The first-order valence-corrected chi connectivity index (χ1v) is 3.79. The van der Waals surface area contributed by atoms with Gasteiger partial charge in [-0.05, 0) is 20.3 Å². The van der Waals surface area contributed by atoms with Crippen LogP contribution in [-0.4, -0.2) is 28.6 Å². The second-order valence-corrected chi connectivity index (χ2v) is 2.84. The average molecular weight is 155 g/mol. The Kier molecular flexibility index (Phi) is 2.42. The lowest BCUT2D eigenvalue weighted by Crippen LogP contribution is -2.36. The summed E-state index contributed by atoms with van der Waals surface area (Å²) in [5.74, 6) is 0.0521. The molecule has 1 heterocycles. The summed E-state index contributed by atoms with van der Waals surface area (Å²) in [4.78, 5) is 10.9. The highest BCUT2D eigenvalue weighted by Gasteiger charge is 2.21. The molecule has 1 aliphatic rings. The Balaban J connectivity index is 2.78. The van der Waals surface area contributed by atoms with Gasteiger partial charge in [0.25, 0.3) is 0 Å². The highest BCUT2D eigenvalue weighted by atomic mass is 16.5. The zero-order valence-corrected chi connectivity index (χ0v) is 6.87. The minimum Gasteiger partial charge on any atom is -0.313 e. The van der Waals surface area contributed by atoms with Crippen LogP contribution in [0.2, 0.25) is 0 Å². The predicted molar refractivity (Wildman–Crippen MR) is 41.3 cm³/mol. The minimum absolute atomic E-state index is 0.0521. The van der Waals surface area contributed by atoms with E-state index in [0.717, 1.165) is 12.0 Å². The SMILES string of the molecule is CC(=O)C1=CCCN(O)C1C. The van der Waals surface area contributed by atoms with Crippen LogP contribution < -0.4 is 0 Å². The van der Waals surface area contributed by atoms with Crippen molar-refractivity contribution >= 4 is 5.78 Å². The van der Waals surface area contributed by atoms with Crippen molar-refractivity contribution in [1.29, 1.82) is 0 Å². The normalized spacial score (nSPS) is 26.5. The van der Waals surface area contributed by atoms with E-state index in [-0.39, 0.29) is 11.8 Å². The molecule has 0 aromatic heterocycles. The van der Waals surface area contributed by atoms with Gasteiger partial charge in [0.1, 0.15) is 0 Å². The molecular weight excluding hydrogens is 142 g/mol. The zero-order chi connectivity index (χ0) is 8.43. The van der Waals surface area contributed by atoms with Crippen molar-refractivity contribution in [1.82, 2.24) is 5.06 Å². The summed E-state index contributed by atoms with van der Waals surface area (Å²) in [6, 6.07) is -0.138. The van der Waals surface area contributed by atoms with Crippen molar-refractivity contribution in [3.8, 4) is 0 Å². The summed E-state index contributed by atoms with van der Waals surface area (Å²) in [5, 5.41) is 10.4. The fourth-order valence-electron chi connectivity index (χ4n) is 1.31. The molecule has 0 fully saturated rings. The van der Waals surface area contributed by atoms with E-state index >= 15 is 0 Å². The van der Waals surface area contributed by atoms with Gasteiger partial charge in [-0.15, -0.1) is 0 Å². The Morgan fingerprint density at radius 2 is 2.45 bits per heavy atom. The standard InChI is InChI=1S/C8H13NO2/c1-6-8(7(2)10)4-3-5-9(6)11/h4,6,11H,3,5H2,1-2H3. The molecule has 1 rings (SSSR count). The number of rotatable bonds is 1. The number of hydroxylamine groups is 2. The van der Waals surface area contributed by atoms with Crippen LogP contribution in [0.15, 0.2) is 11.6 Å². The molecular formula is C8H13NO2. The maximum absolute atomic E-state index is 10.9. The van der Waals surface area contributed by atoms with Gasteiger partial charge in [-0.25, -0.2) is 0 Å². The van der Waals surface area contributed by atoms with Gasteiger partial charge >= 0.3 is 0 Å². The quantitative estimate of drug-likeness (QED) is 0.613. The van der Waals surface area contributed by atoms with Gasteiger partial charge in [-0.2, -0.15) is 5.06 Å². The molecule has 0 saturated carbocycles. The summed E-state index contributed by atoms with van der Waals surface area (Å²) >= 11 is 0. The number of nitrogens with zero attached hydrogens (tertiary/aromatic N) is 1. The largest absolute Gasteiger partial charge is 0.313 e. The van der Waals surface area contributed by atoms with Crippen molar-refractivity contribution in [2.24, 2.45) is 0 Å². The Morgan fingerprint density at radius 3 is 2.91 bits per heavy atom. The van der Waals surface area contributed by atoms with E-state index in [1.807, 2.05) is 13.0 Å². The van der Waals surface area contributed by atoms with Gasteiger partial charge in [0.2, 0.25) is 0 Å². The molecule has 0 aromatic carbocycles. The molecule has 0 saturated heterocycles. The number of hydrogen-bond donors (Lipinski definition) is 1. The first-order chi connectivity index (χ1) is 5.13. The van der Waals surface area contributed by atoms with Crippen LogP contribution in [0.1, 0.15) is 20.3 Å². The smallest absolute Gasteiger partial charge is 0.157 e. The first-order valence-electron chi connectivity index (χ1n) is 3.79. The van der Waals surface area contributed by atoms with E-state index < -0.39 is 0 Å². The molecule has 11 heavy (non-hydrogen) atoms. The van der Waals surface area contributed by atoms with Crippen LogP contribution in [0.4, 0.5) is 0 Å². The van der Waals surface area contributed by atoms with Crippen LogP contribution in [-0.2, 0) is 4.79 Å². The van der Waals surface area contributed by atoms with Gasteiger partial charge in [0, 0.05) is 12.1 Å². The Morgan fingerprint density at radius 1 is 1.82 bits per heavy atom. The molecule has 3 nitrogen and oxygen atoms in total. The lowest BCUT2D eigenvalue weighted by atomic mass is 10.0. The number of ketones is 1. The highest BCUT2D eigenvalue weighted by molar-refractivity contribution is 5.94. The molecule has 0 radical (unpaired) electrons. The lowest BCUT2D eigenvalue weighted by Gasteiger charge is -2.27. The molecule has 62 valence electrons. The Hall–Kier alpha value is -0.670. The Labute approximate surface area is 66.3 Å². The average Bonchev–Trinajstić information content (AvgIpc) is 1.94. The fourth-order valence-corrected chi connectivity index (χ4v) is 1.31. The second-order valence-electron chi connectivity index (χ2n) is 2.84. The summed E-state index contributed by atoms with van der Waals surface area (Å²) in [6.07, 6.45) is 2.66. The molecule has 0 amide bonds. The summed E-state index contributed by atoms with van der Waals surface area (Å²) in [5.41, 5.74) is 0.721. The molecule has 0 aromatic rings. The predicted octanol–water partition coefficient (Wildman–Crippen LogP) is 0.985. The highest BCUT2D eigenvalue weighted by Crippen LogP contribution is 2.15. The van der Waals surface area contributed by atoms with E-state index in [1.165, 1.54) is 12.0 Å². The molecule has 1 unspecified atom stereocenters. The number of carbonyl (C=O) groups is 1. The van der Waals surface area contributed by atoms with Crippen molar-refractivity contribution in [3.63, 3.8) is 0 Å². The van der Waals surface area contributed by atoms with Crippen LogP contribution in [0, 0.1) is 0 Å². The number of carbonyl (C=O) groups excluding carboxylic acids is 1. The van der Waals surface area contributed by atoms with Crippen molar-refractivity contribution in [3.05, 3.63) is 11.6 Å². The van der Waals surface area contributed by atoms with E-state index in [1.54, 1.807) is 0 Å². The van der Waals surface area contributed by atoms with Crippen LogP contribution in [0.25, 0.3) is 0 Å². The zero-order valence-electron chi connectivity index (χ0n) is 6.87. The van der Waals surface area contributed by atoms with Crippen LogP contribution >= 0.6 is 0 Å². The molecule has 3 heteroatoms. The van der Waals surface area contributed by atoms with Crippen LogP contribution in [0.3, 0.4) is 0 Å². The summed E-state index contributed by atoms with van der Waals surface area (Å²) < 4.78 is 0. The minimum atomic E-state index is -0.138. The number of Topliss-reactive ketones (excluding diaryl/α,β-unsaturated/α-hetero) is 1. The van der Waals surface area contributed by atoms with Gasteiger partial charge < -0.3 is 5.21 Å². The number of hydrogen-bond acceptors (Lipinski definition) is 3. The van der Waals surface area contributed by atoms with Gasteiger partial charge in [-0.1, -0.05) is 6.08 Å². The topological polar surface area (TPSA) is 40.5 Å². The van der Waals surface area contributed by atoms with E-state index in [4.69, 9.17) is 0 Å². The second kappa shape index (κ2) is 3.15. The molecule has 0 spiro atoms. The van der Waals surface area contributed by atoms with Crippen molar-refractivity contribution in [2.75, 3.05) is 6.54 Å². The molecule has 0 aliphatic carbocycles. The van der Waals surface area contributed by atoms with E-state index in [9.17, 15) is 10.0 Å². The van der Waals surface area contributed by atoms with Gasteiger partial charge in [0.05, 0.1) is 6.04 Å². The Bertz CT molecular complexity index is 198. The summed E-state index contributed by atoms with van der Waals surface area (Å²) in [6.45, 7) is 3.98. The maximum atomic E-state index is 10.9. The molecule has 1 aliphatic heterocycles. The third-order valence-electron chi connectivity index (χ3n) is 2.03. The third-order valence-corrected chi connectivity index (χ3v) is 2.03. The summed E-state index contributed by atoms with van der Waals surface area (Å²) in [7, 11) is 0. The molecule has 0 bridgehead atoms. The molecule has 1 N–H and O–H groups in total. The molecule has 1 atom stereocenters. The van der Waals surface area contributed by atoms with Crippen LogP contribution in [0.5, 0.6) is 0 Å². The van der Waals surface area contributed by atoms with Gasteiger partial charge in [0.15, 0.2) is 5.78 Å². The first kappa shape index (κ1) is 8.43. The monoisotopic (exact) mass is 155 g/mol. The van der Waals surface area contributed by atoms with Gasteiger partial charge in [-0.3, -0.25) is 4.79 Å². The van der Waals surface area contributed by atoms with E-state index in [0.29, 0.717) is 6.54 Å². The maximum Gasteiger partial charge on any atom is 0.157 e. The van der Waals surface area contributed by atoms with E-state index in [2.05, 4.69) is 0 Å². The fraction of sp³-hybridized carbons (Fsp3) is 0.625. The lowest BCUT2D eigenvalue weighted by molar-refractivity contribution is -0.127. The third kappa shape index (κ3) is 1.67. The van der Waals surface area contributed by atoms with Crippen molar-refractivity contribution < 1.29 is 10.0 Å².